The van der Waals surface area contributed by atoms with Gasteiger partial charge in [0.25, 0.3) is 5.89 Å². The van der Waals surface area contributed by atoms with Crippen LogP contribution in [0.1, 0.15) is 48.2 Å². The zero-order chi connectivity index (χ0) is 17.3. The Hall–Kier alpha value is -2.22. The lowest BCUT2D eigenvalue weighted by Crippen LogP contribution is -2.46. The first-order valence-electron chi connectivity index (χ1n) is 8.09. The minimum absolute atomic E-state index is 0.0754. The van der Waals surface area contributed by atoms with E-state index in [-0.39, 0.29) is 18.1 Å². The van der Waals surface area contributed by atoms with Crippen molar-refractivity contribution in [2.24, 2.45) is 0 Å². The summed E-state index contributed by atoms with van der Waals surface area (Å²) in [5.74, 6) is 1.83. The number of amides is 1. The molecule has 1 amide bonds. The Morgan fingerprint density at radius 1 is 1.21 bits per heavy atom. The van der Waals surface area contributed by atoms with Gasteiger partial charge in [0.15, 0.2) is 11.9 Å². The Labute approximate surface area is 140 Å². The number of aromatic nitrogens is 3. The van der Waals surface area contributed by atoms with E-state index in [1.165, 1.54) is 0 Å². The largest absolute Gasteiger partial charge is 0.362 e. The van der Waals surface area contributed by atoms with Crippen LogP contribution in [0.4, 0.5) is 0 Å². The van der Waals surface area contributed by atoms with Crippen molar-refractivity contribution in [3.63, 3.8) is 0 Å². The van der Waals surface area contributed by atoms with E-state index < -0.39 is 0 Å². The van der Waals surface area contributed by atoms with Gasteiger partial charge in [-0.25, -0.2) is 0 Å². The van der Waals surface area contributed by atoms with Gasteiger partial charge in [0, 0.05) is 18.5 Å². The van der Waals surface area contributed by atoms with Gasteiger partial charge in [0.05, 0.1) is 18.3 Å². The van der Waals surface area contributed by atoms with Gasteiger partial charge in [0.2, 0.25) is 5.91 Å². The summed E-state index contributed by atoms with van der Waals surface area (Å²) in [5.41, 5.74) is 1.85. The molecule has 24 heavy (non-hydrogen) atoms. The van der Waals surface area contributed by atoms with E-state index in [0.29, 0.717) is 37.6 Å². The van der Waals surface area contributed by atoms with Crippen molar-refractivity contribution in [2.45, 2.75) is 52.7 Å². The SMILES string of the molecule is Cc1noc([C@H]2CN(C(=O)CCc3c(C)noc3C)C[C@@H](C)O2)n1. The quantitative estimate of drug-likeness (QED) is 0.842. The molecule has 0 aliphatic carbocycles. The lowest BCUT2D eigenvalue weighted by atomic mass is 10.1. The van der Waals surface area contributed by atoms with Crippen molar-refractivity contribution in [1.29, 1.82) is 0 Å². The average molecular weight is 334 g/mol. The fraction of sp³-hybridized carbons (Fsp3) is 0.625. The van der Waals surface area contributed by atoms with Crippen LogP contribution in [0.15, 0.2) is 9.05 Å². The molecule has 8 nitrogen and oxygen atoms in total. The average Bonchev–Trinajstić information content (AvgIpc) is 3.11. The predicted octanol–water partition coefficient (Wildman–Crippen LogP) is 1.90. The molecule has 0 spiro atoms. The number of carbonyl (C=O) groups is 1. The summed E-state index contributed by atoms with van der Waals surface area (Å²) in [6.45, 7) is 8.43. The number of carbonyl (C=O) groups excluding carboxylic acids is 1. The lowest BCUT2D eigenvalue weighted by Gasteiger charge is -2.35. The maximum atomic E-state index is 12.6. The standard InChI is InChI=1S/C16H22N4O4/c1-9-7-20(8-14(22-9)16-17-12(4)19-24-16)15(21)6-5-13-10(2)18-23-11(13)3/h9,14H,5-8H2,1-4H3/t9-,14-/m1/s1. The normalized spacial score (nSPS) is 21.2. The van der Waals surface area contributed by atoms with Crippen LogP contribution < -0.4 is 0 Å². The first-order valence-corrected chi connectivity index (χ1v) is 8.09. The molecule has 0 N–H and O–H groups in total. The highest BCUT2D eigenvalue weighted by molar-refractivity contribution is 5.76. The van der Waals surface area contributed by atoms with Gasteiger partial charge < -0.3 is 18.7 Å². The number of ether oxygens (including phenoxy) is 1. The van der Waals surface area contributed by atoms with Crippen molar-refractivity contribution in [1.82, 2.24) is 20.2 Å². The summed E-state index contributed by atoms with van der Waals surface area (Å²) < 4.78 is 16.2. The zero-order valence-electron chi connectivity index (χ0n) is 14.4. The lowest BCUT2D eigenvalue weighted by molar-refractivity contribution is -0.146. The maximum Gasteiger partial charge on any atom is 0.257 e. The minimum atomic E-state index is -0.377. The van der Waals surface area contributed by atoms with Crippen LogP contribution in [0.25, 0.3) is 0 Å². The summed E-state index contributed by atoms with van der Waals surface area (Å²) in [4.78, 5) is 18.6. The molecule has 0 bridgehead atoms. The maximum absolute atomic E-state index is 12.6. The van der Waals surface area contributed by atoms with E-state index in [4.69, 9.17) is 13.8 Å². The van der Waals surface area contributed by atoms with Crippen molar-refractivity contribution in [3.8, 4) is 0 Å². The van der Waals surface area contributed by atoms with E-state index in [1.807, 2.05) is 20.8 Å². The second-order valence-electron chi connectivity index (χ2n) is 6.22. The number of aryl methyl sites for hydroxylation is 3. The third-order valence-corrected chi connectivity index (χ3v) is 4.20. The second-order valence-corrected chi connectivity index (χ2v) is 6.22. The molecule has 2 atom stereocenters. The van der Waals surface area contributed by atoms with Gasteiger partial charge in [0.1, 0.15) is 5.76 Å². The van der Waals surface area contributed by atoms with Gasteiger partial charge in [-0.3, -0.25) is 4.79 Å². The summed E-state index contributed by atoms with van der Waals surface area (Å²) in [6, 6.07) is 0. The van der Waals surface area contributed by atoms with Crippen molar-refractivity contribution in [3.05, 3.63) is 28.7 Å². The van der Waals surface area contributed by atoms with Gasteiger partial charge in [-0.15, -0.1) is 0 Å². The number of morpholine rings is 1. The van der Waals surface area contributed by atoms with Crippen LogP contribution in [0.3, 0.4) is 0 Å². The Kier molecular flexibility index (Phi) is 4.66. The Bertz CT molecular complexity index is 704. The molecule has 1 aliphatic rings. The van der Waals surface area contributed by atoms with Gasteiger partial charge >= 0.3 is 0 Å². The van der Waals surface area contributed by atoms with Crippen molar-refractivity contribution >= 4 is 5.91 Å². The highest BCUT2D eigenvalue weighted by Gasteiger charge is 2.32. The molecule has 1 saturated heterocycles. The molecule has 2 aromatic rings. The number of hydrogen-bond acceptors (Lipinski definition) is 7. The number of nitrogens with zero attached hydrogens (tertiary/aromatic N) is 4. The first-order chi connectivity index (χ1) is 11.4. The third-order valence-electron chi connectivity index (χ3n) is 4.20. The molecule has 3 heterocycles. The summed E-state index contributed by atoms with van der Waals surface area (Å²) >= 11 is 0. The molecular formula is C16H22N4O4. The molecule has 1 fully saturated rings. The van der Waals surface area contributed by atoms with Crippen LogP contribution in [0.5, 0.6) is 0 Å². The summed E-state index contributed by atoms with van der Waals surface area (Å²) in [7, 11) is 0. The topological polar surface area (TPSA) is 94.5 Å². The van der Waals surface area contributed by atoms with Gasteiger partial charge in [-0.05, 0) is 34.1 Å². The molecule has 2 aromatic heterocycles. The smallest absolute Gasteiger partial charge is 0.257 e. The Morgan fingerprint density at radius 3 is 2.62 bits per heavy atom. The minimum Gasteiger partial charge on any atom is -0.362 e. The van der Waals surface area contributed by atoms with Crippen LogP contribution in [0.2, 0.25) is 0 Å². The second kappa shape index (κ2) is 6.72. The van der Waals surface area contributed by atoms with E-state index >= 15 is 0 Å². The van der Waals surface area contributed by atoms with E-state index in [2.05, 4.69) is 15.3 Å². The highest BCUT2D eigenvalue weighted by atomic mass is 16.5. The zero-order valence-corrected chi connectivity index (χ0v) is 14.4. The molecule has 8 heteroatoms. The predicted molar refractivity (Wildman–Crippen MR) is 83.2 cm³/mol. The molecule has 0 radical (unpaired) electrons. The van der Waals surface area contributed by atoms with Crippen LogP contribution in [-0.4, -0.2) is 45.3 Å². The Balaban J connectivity index is 1.63. The van der Waals surface area contributed by atoms with E-state index in [0.717, 1.165) is 17.0 Å². The molecule has 1 aliphatic heterocycles. The third kappa shape index (κ3) is 3.48. The summed E-state index contributed by atoms with van der Waals surface area (Å²) in [6.07, 6.45) is 0.568. The van der Waals surface area contributed by atoms with Crippen molar-refractivity contribution in [2.75, 3.05) is 13.1 Å². The van der Waals surface area contributed by atoms with Gasteiger partial charge in [-0.1, -0.05) is 10.3 Å². The fourth-order valence-electron chi connectivity index (χ4n) is 2.98. The first kappa shape index (κ1) is 16.6. The van der Waals surface area contributed by atoms with E-state index in [1.54, 1.807) is 11.8 Å². The van der Waals surface area contributed by atoms with Crippen molar-refractivity contribution < 1.29 is 18.6 Å². The molecular weight excluding hydrogens is 312 g/mol. The van der Waals surface area contributed by atoms with Gasteiger partial charge in [-0.2, -0.15) is 4.98 Å². The fourth-order valence-corrected chi connectivity index (χ4v) is 2.98. The number of rotatable bonds is 4. The Morgan fingerprint density at radius 2 is 2.00 bits per heavy atom. The molecule has 0 saturated carbocycles. The molecule has 0 unspecified atom stereocenters. The molecule has 130 valence electrons. The highest BCUT2D eigenvalue weighted by Crippen LogP contribution is 2.25. The van der Waals surface area contributed by atoms with Crippen LogP contribution in [-0.2, 0) is 16.0 Å². The van der Waals surface area contributed by atoms with E-state index in [9.17, 15) is 4.79 Å². The molecule has 0 aromatic carbocycles. The summed E-state index contributed by atoms with van der Waals surface area (Å²) in [5, 5.41) is 7.71. The van der Waals surface area contributed by atoms with Crippen LogP contribution in [0, 0.1) is 20.8 Å². The number of hydrogen-bond donors (Lipinski definition) is 0. The van der Waals surface area contributed by atoms with Crippen LogP contribution >= 0.6 is 0 Å². The monoisotopic (exact) mass is 334 g/mol. The molecule has 3 rings (SSSR count).